The lowest BCUT2D eigenvalue weighted by Gasteiger charge is -2.14. The molecule has 0 aromatic heterocycles. The van der Waals surface area contributed by atoms with Crippen LogP contribution < -0.4 is 20.2 Å². The molecule has 0 heterocycles. The highest BCUT2D eigenvalue weighted by molar-refractivity contribution is 7.87. The first kappa shape index (κ1) is 16.8. The van der Waals surface area contributed by atoms with Gasteiger partial charge in [0.15, 0.2) is 11.5 Å². The van der Waals surface area contributed by atoms with Crippen LogP contribution in [0.1, 0.15) is 15.9 Å². The van der Waals surface area contributed by atoms with E-state index in [0.717, 1.165) is 5.56 Å². The van der Waals surface area contributed by atoms with Crippen LogP contribution in [0.3, 0.4) is 0 Å². The molecule has 0 saturated heterocycles. The summed E-state index contributed by atoms with van der Waals surface area (Å²) in [6, 6.07) is 10.5. The summed E-state index contributed by atoms with van der Waals surface area (Å²) in [6.07, 6.45) is 0. The predicted octanol–water partition coefficient (Wildman–Crippen LogP) is 1.37. The number of methoxy groups -OCH3 is 1. The second-order valence-corrected chi connectivity index (χ2v) is 6.21. The van der Waals surface area contributed by atoms with Gasteiger partial charge in [-0.25, -0.2) is 5.84 Å². The van der Waals surface area contributed by atoms with E-state index in [4.69, 9.17) is 14.8 Å². The van der Waals surface area contributed by atoms with Crippen molar-refractivity contribution in [3.8, 4) is 11.5 Å². The van der Waals surface area contributed by atoms with Crippen molar-refractivity contribution in [3.05, 3.63) is 53.6 Å². The molecule has 0 fully saturated rings. The van der Waals surface area contributed by atoms with Crippen molar-refractivity contribution >= 4 is 16.0 Å². The Bertz CT molecular complexity index is 816. The maximum atomic E-state index is 12.4. The van der Waals surface area contributed by atoms with Crippen LogP contribution in [0, 0.1) is 6.92 Å². The molecular formula is C15H16N2O5S. The molecule has 23 heavy (non-hydrogen) atoms. The van der Waals surface area contributed by atoms with Crippen molar-refractivity contribution in [2.45, 2.75) is 11.8 Å². The molecule has 2 aromatic carbocycles. The van der Waals surface area contributed by atoms with Crippen molar-refractivity contribution in [3.63, 3.8) is 0 Å². The predicted molar refractivity (Wildman–Crippen MR) is 83.6 cm³/mol. The number of nitrogen functional groups attached to an aromatic ring is 1. The normalized spacial score (nSPS) is 10.9. The van der Waals surface area contributed by atoms with Gasteiger partial charge in [0.2, 0.25) is 0 Å². The third-order valence-corrected chi connectivity index (χ3v) is 4.31. The highest BCUT2D eigenvalue weighted by atomic mass is 32.2. The van der Waals surface area contributed by atoms with Gasteiger partial charge in [0.1, 0.15) is 4.90 Å². The third kappa shape index (κ3) is 3.61. The zero-order chi connectivity index (χ0) is 17.0. The van der Waals surface area contributed by atoms with Crippen molar-refractivity contribution in [2.24, 2.45) is 5.84 Å². The molecule has 2 rings (SSSR count). The monoisotopic (exact) mass is 336 g/mol. The number of nitrogens with one attached hydrogen (secondary N) is 1. The fraction of sp³-hybridized carbons (Fsp3) is 0.133. The maximum absolute atomic E-state index is 12.4. The molecular weight excluding hydrogens is 320 g/mol. The average Bonchev–Trinajstić information content (AvgIpc) is 2.54. The van der Waals surface area contributed by atoms with Crippen molar-refractivity contribution in [1.29, 1.82) is 0 Å². The zero-order valence-corrected chi connectivity index (χ0v) is 13.4. The van der Waals surface area contributed by atoms with Gasteiger partial charge in [-0.05, 0) is 31.2 Å². The summed E-state index contributed by atoms with van der Waals surface area (Å²) in [5.41, 5.74) is 2.79. The van der Waals surface area contributed by atoms with Gasteiger partial charge in [0.25, 0.3) is 5.91 Å². The number of amides is 1. The fourth-order valence-corrected chi connectivity index (χ4v) is 2.84. The number of ether oxygens (including phenoxy) is 1. The van der Waals surface area contributed by atoms with Crippen LogP contribution in [0.25, 0.3) is 0 Å². The number of carbonyl (C=O) groups excluding carboxylic acids is 1. The number of hydrogen-bond donors (Lipinski definition) is 2. The van der Waals surface area contributed by atoms with Gasteiger partial charge in [-0.1, -0.05) is 23.8 Å². The Morgan fingerprint density at radius 2 is 1.78 bits per heavy atom. The first-order valence-electron chi connectivity index (χ1n) is 6.58. The second kappa shape index (κ2) is 6.67. The van der Waals surface area contributed by atoms with E-state index in [0.29, 0.717) is 0 Å². The number of para-hydroxylation sites is 1. The summed E-state index contributed by atoms with van der Waals surface area (Å²) in [5, 5.41) is 0. The first-order valence-corrected chi connectivity index (χ1v) is 7.99. The van der Waals surface area contributed by atoms with Crippen LogP contribution in [-0.4, -0.2) is 21.4 Å². The van der Waals surface area contributed by atoms with Crippen molar-refractivity contribution in [2.75, 3.05) is 7.11 Å². The number of hydrogen-bond acceptors (Lipinski definition) is 6. The molecule has 3 N–H and O–H groups in total. The molecule has 0 spiro atoms. The van der Waals surface area contributed by atoms with E-state index < -0.39 is 16.0 Å². The van der Waals surface area contributed by atoms with Gasteiger partial charge < -0.3 is 8.92 Å². The van der Waals surface area contributed by atoms with E-state index in [1.807, 2.05) is 12.3 Å². The molecule has 0 atom stereocenters. The van der Waals surface area contributed by atoms with Gasteiger partial charge in [-0.2, -0.15) is 8.42 Å². The van der Waals surface area contributed by atoms with Crippen LogP contribution in [0.2, 0.25) is 0 Å². The minimum atomic E-state index is -4.13. The lowest BCUT2D eigenvalue weighted by Crippen LogP contribution is -2.30. The van der Waals surface area contributed by atoms with Crippen LogP contribution in [-0.2, 0) is 10.1 Å². The SMILES string of the molecule is COc1cccc(C(=O)NN)c1OS(=O)(=O)c1ccc(C)cc1. The van der Waals surface area contributed by atoms with E-state index in [-0.39, 0.29) is 22.0 Å². The lowest BCUT2D eigenvalue weighted by atomic mass is 10.2. The second-order valence-electron chi connectivity index (χ2n) is 4.66. The van der Waals surface area contributed by atoms with Gasteiger partial charge in [0.05, 0.1) is 12.7 Å². The molecule has 0 aliphatic heterocycles. The Morgan fingerprint density at radius 3 is 2.35 bits per heavy atom. The number of benzene rings is 2. The quantitative estimate of drug-likeness (QED) is 0.370. The lowest BCUT2D eigenvalue weighted by molar-refractivity contribution is 0.0951. The van der Waals surface area contributed by atoms with Gasteiger partial charge >= 0.3 is 10.1 Å². The van der Waals surface area contributed by atoms with Gasteiger partial charge in [-0.3, -0.25) is 10.2 Å². The number of carbonyl (C=O) groups is 1. The molecule has 0 radical (unpaired) electrons. The summed E-state index contributed by atoms with van der Waals surface area (Å²) in [4.78, 5) is 11.8. The molecule has 8 heteroatoms. The van der Waals surface area contributed by atoms with E-state index in [9.17, 15) is 13.2 Å². The Kier molecular flexibility index (Phi) is 4.87. The molecule has 1 amide bonds. The molecule has 0 bridgehead atoms. The summed E-state index contributed by atoms with van der Waals surface area (Å²) >= 11 is 0. The fourth-order valence-electron chi connectivity index (χ4n) is 1.88. The largest absolute Gasteiger partial charge is 0.493 e. The number of rotatable bonds is 5. The number of aryl methyl sites for hydroxylation is 1. The van der Waals surface area contributed by atoms with E-state index in [1.165, 1.54) is 37.4 Å². The van der Waals surface area contributed by atoms with E-state index in [1.54, 1.807) is 12.1 Å². The van der Waals surface area contributed by atoms with E-state index in [2.05, 4.69) is 0 Å². The van der Waals surface area contributed by atoms with E-state index >= 15 is 0 Å². The average molecular weight is 336 g/mol. The minimum absolute atomic E-state index is 0.0342. The zero-order valence-electron chi connectivity index (χ0n) is 12.6. The summed E-state index contributed by atoms with van der Waals surface area (Å²) in [7, 11) is -2.79. The van der Waals surface area contributed by atoms with Crippen LogP contribution in [0.15, 0.2) is 47.4 Å². The molecule has 0 aliphatic carbocycles. The van der Waals surface area contributed by atoms with Gasteiger partial charge in [-0.15, -0.1) is 0 Å². The Labute approximate surface area is 134 Å². The Balaban J connectivity index is 2.50. The first-order chi connectivity index (χ1) is 10.9. The summed E-state index contributed by atoms with van der Waals surface area (Å²) in [6.45, 7) is 1.83. The smallest absolute Gasteiger partial charge is 0.339 e. The van der Waals surface area contributed by atoms with Crippen molar-refractivity contribution in [1.82, 2.24) is 5.43 Å². The highest BCUT2D eigenvalue weighted by Crippen LogP contribution is 2.33. The highest BCUT2D eigenvalue weighted by Gasteiger charge is 2.24. The Hall–Kier alpha value is -2.58. The molecule has 0 saturated carbocycles. The molecule has 7 nitrogen and oxygen atoms in total. The minimum Gasteiger partial charge on any atom is -0.493 e. The summed E-state index contributed by atoms with van der Waals surface area (Å²) < 4.78 is 35.0. The topological polar surface area (TPSA) is 108 Å². The number of hydrazine groups is 1. The Morgan fingerprint density at radius 1 is 1.13 bits per heavy atom. The van der Waals surface area contributed by atoms with Crippen LogP contribution in [0.5, 0.6) is 11.5 Å². The number of nitrogens with two attached hydrogens (primary N) is 1. The molecule has 2 aromatic rings. The molecule has 0 unspecified atom stereocenters. The molecule has 122 valence electrons. The van der Waals surface area contributed by atoms with Crippen LogP contribution in [0.4, 0.5) is 0 Å². The van der Waals surface area contributed by atoms with Crippen molar-refractivity contribution < 1.29 is 22.1 Å². The summed E-state index contributed by atoms with van der Waals surface area (Å²) in [5.74, 6) is 4.29. The van der Waals surface area contributed by atoms with Gasteiger partial charge in [0, 0.05) is 0 Å². The maximum Gasteiger partial charge on any atom is 0.339 e. The molecule has 0 aliphatic rings. The third-order valence-electron chi connectivity index (χ3n) is 3.08. The standard InChI is InChI=1S/C15H16N2O5S/c1-10-6-8-11(9-7-10)23(19,20)22-14-12(15(18)17-16)4-3-5-13(14)21-2/h3-9H,16H2,1-2H3,(H,17,18). The van der Waals surface area contributed by atoms with Crippen LogP contribution >= 0.6 is 0 Å².